The molecule has 0 saturated heterocycles. The van der Waals surface area contributed by atoms with Gasteiger partial charge in [-0.1, -0.05) is 30.3 Å². The van der Waals surface area contributed by atoms with Gasteiger partial charge in [-0.2, -0.15) is 0 Å². The second-order valence-electron chi connectivity index (χ2n) is 6.16. The molecule has 0 spiro atoms. The molecule has 0 aliphatic heterocycles. The van der Waals surface area contributed by atoms with Gasteiger partial charge in [0, 0.05) is 17.0 Å². The Morgan fingerprint density at radius 1 is 0.889 bits per heavy atom. The van der Waals surface area contributed by atoms with Crippen molar-refractivity contribution >= 4 is 32.3 Å². The molecule has 5 rings (SSSR count). The molecular formula is C22H14N2O2S. The van der Waals surface area contributed by atoms with Gasteiger partial charge in [0.05, 0.1) is 10.2 Å². The molecule has 5 aromatic rings. The largest absolute Gasteiger partial charge is 0.441 e. The molecule has 0 atom stereocenters. The Kier molecular flexibility index (Phi) is 3.73. The van der Waals surface area contributed by atoms with Crippen LogP contribution >= 0.6 is 11.3 Å². The molecule has 0 unspecified atom stereocenters. The number of hydrogen-bond donors (Lipinski definition) is 1. The highest BCUT2D eigenvalue weighted by Gasteiger charge is 2.07. The van der Waals surface area contributed by atoms with Crippen molar-refractivity contribution in [2.24, 2.45) is 0 Å². The Balaban J connectivity index is 1.44. The molecule has 5 heteroatoms. The molecule has 1 N–H and O–H groups in total. The molecule has 4 nitrogen and oxygen atoms in total. The van der Waals surface area contributed by atoms with Crippen molar-refractivity contribution in [2.75, 3.05) is 0 Å². The van der Waals surface area contributed by atoms with Gasteiger partial charge < -0.3 is 4.74 Å². The summed E-state index contributed by atoms with van der Waals surface area (Å²) in [5, 5.41) is 2.47. The number of aromatic nitrogens is 2. The highest BCUT2D eigenvalue weighted by Crippen LogP contribution is 2.31. The molecule has 0 aliphatic rings. The molecule has 130 valence electrons. The second-order valence-corrected chi connectivity index (χ2v) is 7.19. The zero-order chi connectivity index (χ0) is 18.2. The van der Waals surface area contributed by atoms with E-state index >= 15 is 0 Å². The monoisotopic (exact) mass is 370 g/mol. The number of H-pyrrole nitrogens is 1. The molecule has 0 aliphatic carbocycles. The van der Waals surface area contributed by atoms with E-state index in [1.807, 2.05) is 66.7 Å². The van der Waals surface area contributed by atoms with E-state index in [-0.39, 0.29) is 5.56 Å². The van der Waals surface area contributed by atoms with E-state index in [0.29, 0.717) is 17.0 Å². The number of pyridine rings is 1. The van der Waals surface area contributed by atoms with Crippen LogP contribution in [0.15, 0.2) is 83.7 Å². The number of ether oxygens (including phenoxy) is 1. The highest BCUT2D eigenvalue weighted by molar-refractivity contribution is 7.21. The van der Waals surface area contributed by atoms with Gasteiger partial charge in [0.1, 0.15) is 10.8 Å². The fourth-order valence-corrected chi connectivity index (χ4v) is 4.00. The Morgan fingerprint density at radius 2 is 1.67 bits per heavy atom. The van der Waals surface area contributed by atoms with Gasteiger partial charge in [0.25, 0.3) is 5.56 Å². The number of hydrogen-bond acceptors (Lipinski definition) is 4. The van der Waals surface area contributed by atoms with Crippen molar-refractivity contribution in [1.29, 1.82) is 0 Å². The predicted molar refractivity (Wildman–Crippen MR) is 110 cm³/mol. The Morgan fingerprint density at radius 3 is 2.52 bits per heavy atom. The normalized spacial score (nSPS) is 11.1. The minimum atomic E-state index is -0.158. The second kappa shape index (κ2) is 6.37. The molecule has 0 saturated carbocycles. The van der Waals surface area contributed by atoms with Crippen LogP contribution < -0.4 is 10.3 Å². The lowest BCUT2D eigenvalue weighted by molar-refractivity contribution is 0.462. The zero-order valence-electron chi connectivity index (χ0n) is 14.2. The van der Waals surface area contributed by atoms with Crippen molar-refractivity contribution < 1.29 is 4.74 Å². The summed E-state index contributed by atoms with van der Waals surface area (Å²) in [6.45, 7) is 0. The third kappa shape index (κ3) is 2.98. The van der Waals surface area contributed by atoms with Crippen molar-refractivity contribution in [1.82, 2.24) is 9.97 Å². The highest BCUT2D eigenvalue weighted by atomic mass is 32.1. The lowest BCUT2D eigenvalue weighted by Gasteiger charge is -2.07. The van der Waals surface area contributed by atoms with Crippen LogP contribution in [0.1, 0.15) is 0 Å². The first kappa shape index (κ1) is 15.8. The third-order valence-electron chi connectivity index (χ3n) is 4.35. The van der Waals surface area contributed by atoms with Crippen molar-refractivity contribution in [3.05, 3.63) is 89.2 Å². The maximum absolute atomic E-state index is 12.2. The van der Waals surface area contributed by atoms with Crippen molar-refractivity contribution in [3.8, 4) is 22.2 Å². The lowest BCUT2D eigenvalue weighted by Crippen LogP contribution is -2.06. The molecular weight excluding hydrogens is 356 g/mol. The van der Waals surface area contributed by atoms with E-state index in [1.165, 1.54) is 4.70 Å². The first-order valence-electron chi connectivity index (χ1n) is 8.52. The summed E-state index contributed by atoms with van der Waals surface area (Å²) in [5.41, 5.74) is 1.89. The number of benzene rings is 3. The van der Waals surface area contributed by atoms with E-state index in [9.17, 15) is 4.79 Å². The number of fused-ring (bicyclic) bond motifs is 2. The van der Waals surface area contributed by atoms with Gasteiger partial charge in [-0.3, -0.25) is 9.78 Å². The standard InChI is InChI=1S/C22H14N2O2S/c25-21-17-6-2-1-5-15(17)13-20(24-21)26-16-11-9-14(10-12-16)22-23-18-7-3-4-8-19(18)27-22/h1-13H,(H,24,25). The van der Waals surface area contributed by atoms with Crippen molar-refractivity contribution in [2.45, 2.75) is 0 Å². The summed E-state index contributed by atoms with van der Waals surface area (Å²) in [6.07, 6.45) is 0. The van der Waals surface area contributed by atoms with E-state index in [2.05, 4.69) is 16.0 Å². The smallest absolute Gasteiger partial charge is 0.258 e. The summed E-state index contributed by atoms with van der Waals surface area (Å²) in [6, 6.07) is 25.1. The average molecular weight is 370 g/mol. The summed E-state index contributed by atoms with van der Waals surface area (Å²) in [4.78, 5) is 19.6. The molecule has 2 aromatic heterocycles. The van der Waals surface area contributed by atoms with Crippen molar-refractivity contribution in [3.63, 3.8) is 0 Å². The minimum absolute atomic E-state index is 0.158. The number of nitrogens with one attached hydrogen (secondary N) is 1. The number of aromatic amines is 1. The number of nitrogens with zero attached hydrogens (tertiary/aromatic N) is 1. The van der Waals surface area contributed by atoms with E-state index in [4.69, 9.17) is 4.74 Å². The number of rotatable bonds is 3. The third-order valence-corrected chi connectivity index (χ3v) is 5.44. The fraction of sp³-hybridized carbons (Fsp3) is 0. The quantitative estimate of drug-likeness (QED) is 0.450. The maximum atomic E-state index is 12.2. The average Bonchev–Trinajstić information content (AvgIpc) is 3.13. The molecule has 0 bridgehead atoms. The molecule has 0 amide bonds. The van der Waals surface area contributed by atoms with Crippen LogP contribution in [0.3, 0.4) is 0 Å². The van der Waals surface area contributed by atoms with Crippen LogP contribution in [0.5, 0.6) is 11.6 Å². The summed E-state index contributed by atoms with van der Waals surface area (Å²) in [7, 11) is 0. The van der Waals surface area contributed by atoms with Crippen LogP contribution in [0, 0.1) is 0 Å². The van der Waals surface area contributed by atoms with Crippen LogP contribution in [0.2, 0.25) is 0 Å². The zero-order valence-corrected chi connectivity index (χ0v) is 15.0. The Labute approximate surface area is 158 Å². The van der Waals surface area contributed by atoms with Crippen LogP contribution in [-0.4, -0.2) is 9.97 Å². The first-order chi connectivity index (χ1) is 13.3. The van der Waals surface area contributed by atoms with Gasteiger partial charge in [0.15, 0.2) is 0 Å². The van der Waals surface area contributed by atoms with Gasteiger partial charge in [-0.05, 0) is 47.9 Å². The molecule has 0 fully saturated rings. The van der Waals surface area contributed by atoms with E-state index < -0.39 is 0 Å². The molecule has 27 heavy (non-hydrogen) atoms. The predicted octanol–water partition coefficient (Wildman–Crippen LogP) is 5.60. The Hall–Kier alpha value is -3.44. The summed E-state index contributed by atoms with van der Waals surface area (Å²) >= 11 is 1.66. The molecule has 0 radical (unpaired) electrons. The van der Waals surface area contributed by atoms with Crippen LogP contribution in [0.4, 0.5) is 0 Å². The van der Waals surface area contributed by atoms with Gasteiger partial charge in [-0.25, -0.2) is 4.98 Å². The summed E-state index contributed by atoms with van der Waals surface area (Å²) in [5.74, 6) is 1.08. The van der Waals surface area contributed by atoms with Gasteiger partial charge in [-0.15, -0.1) is 11.3 Å². The van der Waals surface area contributed by atoms with E-state index in [1.54, 1.807) is 17.4 Å². The number of para-hydroxylation sites is 1. The first-order valence-corrected chi connectivity index (χ1v) is 9.34. The number of thiazole rings is 1. The SMILES string of the molecule is O=c1[nH]c(Oc2ccc(-c3nc4ccccc4s3)cc2)cc2ccccc12. The summed E-state index contributed by atoms with van der Waals surface area (Å²) < 4.78 is 7.01. The topological polar surface area (TPSA) is 55.0 Å². The maximum Gasteiger partial charge on any atom is 0.258 e. The van der Waals surface area contributed by atoms with Gasteiger partial charge in [0.2, 0.25) is 5.88 Å². The molecule has 3 aromatic carbocycles. The van der Waals surface area contributed by atoms with E-state index in [0.717, 1.165) is 21.5 Å². The van der Waals surface area contributed by atoms with Crippen LogP contribution in [0.25, 0.3) is 31.6 Å². The minimum Gasteiger partial charge on any atom is -0.441 e. The van der Waals surface area contributed by atoms with Gasteiger partial charge >= 0.3 is 0 Å². The fourth-order valence-electron chi connectivity index (χ4n) is 3.03. The van der Waals surface area contributed by atoms with Crippen LogP contribution in [-0.2, 0) is 0 Å². The molecule has 2 heterocycles. The Bertz CT molecular complexity index is 1290. The lowest BCUT2D eigenvalue weighted by atomic mass is 10.2.